The molecule has 150 valence electrons. The van der Waals surface area contributed by atoms with Gasteiger partial charge in [-0.1, -0.05) is 18.2 Å². The summed E-state index contributed by atoms with van der Waals surface area (Å²) < 4.78 is 27.4. The van der Waals surface area contributed by atoms with Crippen molar-refractivity contribution in [2.45, 2.75) is 13.8 Å². The number of aryl methyl sites for hydroxylation is 1. The maximum atomic E-state index is 13.7. The van der Waals surface area contributed by atoms with Crippen LogP contribution in [0.5, 0.6) is 0 Å². The molecule has 3 aromatic rings. The van der Waals surface area contributed by atoms with E-state index in [-0.39, 0.29) is 17.3 Å². The molecular weight excluding hydrogens is 374 g/mol. The molecule has 4 rings (SSSR count). The van der Waals surface area contributed by atoms with Crippen molar-refractivity contribution in [1.82, 2.24) is 9.88 Å². The third-order valence-electron chi connectivity index (χ3n) is 5.29. The van der Waals surface area contributed by atoms with Gasteiger partial charge in [-0.2, -0.15) is 0 Å². The molecule has 0 spiro atoms. The molecule has 1 aromatic heterocycles. The van der Waals surface area contributed by atoms with Gasteiger partial charge in [0.25, 0.3) is 0 Å². The first-order chi connectivity index (χ1) is 13.9. The third-order valence-corrected chi connectivity index (χ3v) is 5.29. The van der Waals surface area contributed by atoms with Crippen molar-refractivity contribution in [2.24, 2.45) is 0 Å². The Balaban J connectivity index is 1.43. The molecule has 1 N–H and O–H groups in total. The fraction of sp³-hybridized carbons (Fsp3) is 0.273. The molecule has 5 nitrogen and oxygen atoms in total. The number of nitrogens with one attached hydrogen (secondary N) is 1. The minimum Gasteiger partial charge on any atom is -0.353 e. The monoisotopic (exact) mass is 396 g/mol. The number of benzene rings is 2. The molecule has 0 aliphatic carbocycles. The van der Waals surface area contributed by atoms with Crippen LogP contribution in [0.2, 0.25) is 0 Å². The number of pyridine rings is 1. The van der Waals surface area contributed by atoms with Gasteiger partial charge in [0.1, 0.15) is 17.5 Å². The van der Waals surface area contributed by atoms with Gasteiger partial charge in [0.2, 0.25) is 0 Å². The predicted molar refractivity (Wildman–Crippen MR) is 110 cm³/mol. The number of rotatable bonds is 2. The minimum atomic E-state index is -0.678. The summed E-state index contributed by atoms with van der Waals surface area (Å²) in [6.07, 6.45) is 0. The van der Waals surface area contributed by atoms with Crippen molar-refractivity contribution in [3.05, 3.63) is 65.2 Å². The zero-order chi connectivity index (χ0) is 20.5. The number of hydrogen-bond donors (Lipinski definition) is 1. The van der Waals surface area contributed by atoms with Crippen LogP contribution in [0.25, 0.3) is 10.9 Å². The number of amides is 2. The number of anilines is 2. The summed E-state index contributed by atoms with van der Waals surface area (Å²) in [5.41, 5.74) is 2.09. The number of urea groups is 1. The second kappa shape index (κ2) is 7.66. The molecule has 1 saturated heterocycles. The third kappa shape index (κ3) is 3.85. The highest BCUT2D eigenvalue weighted by molar-refractivity contribution is 5.89. The Kier molecular flexibility index (Phi) is 5.05. The second-order valence-electron chi connectivity index (χ2n) is 7.29. The van der Waals surface area contributed by atoms with Crippen molar-refractivity contribution in [3.8, 4) is 0 Å². The summed E-state index contributed by atoms with van der Waals surface area (Å²) in [6.45, 7) is 5.66. The number of nitrogens with zero attached hydrogens (tertiary/aromatic N) is 3. The van der Waals surface area contributed by atoms with Gasteiger partial charge in [-0.25, -0.2) is 18.6 Å². The van der Waals surface area contributed by atoms with E-state index in [2.05, 4.69) is 16.3 Å². The quantitative estimate of drug-likeness (QED) is 0.695. The lowest BCUT2D eigenvalue weighted by molar-refractivity contribution is 0.208. The number of fused-ring (bicyclic) bond motifs is 1. The van der Waals surface area contributed by atoms with Crippen LogP contribution >= 0.6 is 0 Å². The van der Waals surface area contributed by atoms with Gasteiger partial charge in [-0.3, -0.25) is 0 Å². The van der Waals surface area contributed by atoms with E-state index in [0.29, 0.717) is 26.2 Å². The lowest BCUT2D eigenvalue weighted by Gasteiger charge is -2.36. The van der Waals surface area contributed by atoms with Crippen LogP contribution in [0, 0.1) is 25.5 Å². The van der Waals surface area contributed by atoms with Gasteiger partial charge in [0, 0.05) is 42.8 Å². The molecule has 0 radical (unpaired) electrons. The Morgan fingerprint density at radius 3 is 2.34 bits per heavy atom. The smallest absolute Gasteiger partial charge is 0.321 e. The molecule has 0 saturated carbocycles. The van der Waals surface area contributed by atoms with Gasteiger partial charge >= 0.3 is 6.03 Å². The van der Waals surface area contributed by atoms with E-state index in [1.54, 1.807) is 4.90 Å². The number of hydrogen-bond acceptors (Lipinski definition) is 3. The van der Waals surface area contributed by atoms with Crippen LogP contribution < -0.4 is 10.2 Å². The van der Waals surface area contributed by atoms with Gasteiger partial charge in [0.15, 0.2) is 0 Å². The summed E-state index contributed by atoms with van der Waals surface area (Å²) in [4.78, 5) is 21.1. The average Bonchev–Trinajstić information content (AvgIpc) is 2.71. The highest BCUT2D eigenvalue weighted by Gasteiger charge is 2.23. The van der Waals surface area contributed by atoms with E-state index in [9.17, 15) is 13.6 Å². The molecular formula is C22H22F2N4O. The number of para-hydroxylation sites is 1. The highest BCUT2D eigenvalue weighted by Crippen LogP contribution is 2.24. The van der Waals surface area contributed by atoms with Gasteiger partial charge < -0.3 is 15.1 Å². The SMILES string of the molecule is Cc1cc2ccccc2nc1N1CCN(C(=O)Nc2cc(F)c(C)c(F)c2)CC1. The van der Waals surface area contributed by atoms with Gasteiger partial charge in [-0.15, -0.1) is 0 Å². The Hall–Kier alpha value is -3.22. The summed E-state index contributed by atoms with van der Waals surface area (Å²) in [6, 6.07) is 12.0. The molecule has 0 bridgehead atoms. The number of carbonyl (C=O) groups is 1. The minimum absolute atomic E-state index is 0.0603. The first-order valence-electron chi connectivity index (χ1n) is 9.55. The summed E-state index contributed by atoms with van der Waals surface area (Å²) in [5.74, 6) is -0.433. The maximum Gasteiger partial charge on any atom is 0.321 e. The molecule has 1 fully saturated rings. The zero-order valence-electron chi connectivity index (χ0n) is 16.4. The van der Waals surface area contributed by atoms with E-state index in [0.717, 1.165) is 34.4 Å². The van der Waals surface area contributed by atoms with Gasteiger partial charge in [0.05, 0.1) is 5.52 Å². The van der Waals surface area contributed by atoms with Crippen molar-refractivity contribution in [3.63, 3.8) is 0 Å². The lowest BCUT2D eigenvalue weighted by Crippen LogP contribution is -2.50. The van der Waals surface area contributed by atoms with Crippen molar-refractivity contribution >= 4 is 28.4 Å². The van der Waals surface area contributed by atoms with E-state index >= 15 is 0 Å². The molecule has 1 aliphatic rings. The van der Waals surface area contributed by atoms with Crippen molar-refractivity contribution < 1.29 is 13.6 Å². The lowest BCUT2D eigenvalue weighted by atomic mass is 10.1. The summed E-state index contributed by atoms with van der Waals surface area (Å²) in [5, 5.41) is 3.68. The average molecular weight is 396 g/mol. The Morgan fingerprint density at radius 1 is 1.00 bits per heavy atom. The van der Waals surface area contributed by atoms with Crippen LogP contribution in [0.4, 0.5) is 25.1 Å². The Morgan fingerprint density at radius 2 is 1.66 bits per heavy atom. The number of halogens is 2. The van der Waals surface area contributed by atoms with Crippen LogP contribution in [0.1, 0.15) is 11.1 Å². The Labute approximate surface area is 168 Å². The van der Waals surface area contributed by atoms with Crippen LogP contribution in [0.3, 0.4) is 0 Å². The van der Waals surface area contributed by atoms with Crippen molar-refractivity contribution in [1.29, 1.82) is 0 Å². The van der Waals surface area contributed by atoms with E-state index in [4.69, 9.17) is 4.98 Å². The molecule has 29 heavy (non-hydrogen) atoms. The van der Waals surface area contributed by atoms with Gasteiger partial charge in [-0.05, 0) is 43.7 Å². The molecule has 2 aromatic carbocycles. The molecule has 7 heteroatoms. The molecule has 0 unspecified atom stereocenters. The number of carbonyl (C=O) groups excluding carboxylic acids is 1. The molecule has 1 aliphatic heterocycles. The second-order valence-corrected chi connectivity index (χ2v) is 7.29. The topological polar surface area (TPSA) is 48.5 Å². The fourth-order valence-electron chi connectivity index (χ4n) is 3.57. The molecule has 2 heterocycles. The summed E-state index contributed by atoms with van der Waals surface area (Å²) in [7, 11) is 0. The predicted octanol–water partition coefficient (Wildman–Crippen LogP) is 4.48. The standard InChI is InChI=1S/C22H22F2N4O/c1-14-11-16-5-3-4-6-20(16)26-21(14)27-7-9-28(10-8-27)22(29)25-17-12-18(23)15(2)19(24)13-17/h3-6,11-13H,7-10H2,1-2H3,(H,25,29). The Bertz CT molecular complexity index is 1050. The number of aromatic nitrogens is 1. The first-order valence-corrected chi connectivity index (χ1v) is 9.55. The first kappa shape index (κ1) is 19.1. The van der Waals surface area contributed by atoms with E-state index in [1.165, 1.54) is 6.92 Å². The van der Waals surface area contributed by atoms with E-state index in [1.807, 2.05) is 31.2 Å². The normalized spacial score (nSPS) is 14.3. The van der Waals surface area contributed by atoms with Crippen LogP contribution in [-0.2, 0) is 0 Å². The maximum absolute atomic E-state index is 13.7. The van der Waals surface area contributed by atoms with Crippen LogP contribution in [0.15, 0.2) is 42.5 Å². The highest BCUT2D eigenvalue weighted by atomic mass is 19.1. The zero-order valence-corrected chi connectivity index (χ0v) is 16.4. The largest absolute Gasteiger partial charge is 0.353 e. The molecule has 0 atom stereocenters. The number of piperazine rings is 1. The van der Waals surface area contributed by atoms with Crippen molar-refractivity contribution in [2.75, 3.05) is 36.4 Å². The fourth-order valence-corrected chi connectivity index (χ4v) is 3.57. The van der Waals surface area contributed by atoms with E-state index < -0.39 is 11.6 Å². The summed E-state index contributed by atoms with van der Waals surface area (Å²) >= 11 is 0. The molecule has 2 amide bonds. The van der Waals surface area contributed by atoms with Crippen LogP contribution in [-0.4, -0.2) is 42.1 Å².